The maximum absolute atomic E-state index is 2.46. The highest BCUT2D eigenvalue weighted by molar-refractivity contribution is 6.34. The number of benzene rings is 10. The van der Waals surface area contributed by atoms with E-state index in [2.05, 4.69) is 231 Å². The molecule has 1 aliphatic rings. The quantitative estimate of drug-likeness (QED) is 0.158. The van der Waals surface area contributed by atoms with Gasteiger partial charge in [0.15, 0.2) is 0 Å². The van der Waals surface area contributed by atoms with E-state index in [1.165, 1.54) is 98.4 Å². The Labute approximate surface area is 350 Å². The summed E-state index contributed by atoms with van der Waals surface area (Å²) >= 11 is 0. The zero-order chi connectivity index (χ0) is 40.0. The summed E-state index contributed by atoms with van der Waals surface area (Å²) < 4.78 is 0. The summed E-state index contributed by atoms with van der Waals surface area (Å²) in [4.78, 5) is 2.46. The molecule has 0 aliphatic heterocycles. The Bertz CT molecular complexity index is 3490. The van der Waals surface area contributed by atoms with Crippen LogP contribution in [-0.4, -0.2) is 0 Å². The van der Waals surface area contributed by atoms with Crippen LogP contribution >= 0.6 is 0 Å². The van der Waals surface area contributed by atoms with Crippen molar-refractivity contribution in [1.82, 2.24) is 0 Å². The van der Waals surface area contributed by atoms with E-state index >= 15 is 0 Å². The van der Waals surface area contributed by atoms with Crippen LogP contribution in [0, 0.1) is 0 Å². The molecule has 0 heterocycles. The lowest BCUT2D eigenvalue weighted by Crippen LogP contribution is -2.14. The van der Waals surface area contributed by atoms with Gasteiger partial charge in [-0.1, -0.05) is 190 Å². The minimum atomic E-state index is -0.0521. The number of hydrogen-bond donors (Lipinski definition) is 0. The van der Waals surface area contributed by atoms with Crippen LogP contribution in [0.5, 0.6) is 0 Å². The lowest BCUT2D eigenvalue weighted by Gasteiger charge is -2.28. The standard InChI is InChI=1S/C59H41N/c1-59(2)54-25-11-10-21-49(54)50-35-30-41(36-55(50)59)40-28-33-44(34-29-40)60(43-31-26-39(27-32-43)38-14-4-3-5-15-38)56-37-42-16-12-22-51-47-19-8-6-17-45(47)46-18-7-9-20-48(46)52-23-13-24-53(56)58(52)57(42)51/h3-37H,1-2H3. The van der Waals surface area contributed by atoms with Crippen molar-refractivity contribution in [2.75, 3.05) is 4.90 Å². The fourth-order valence-corrected chi connectivity index (χ4v) is 10.3. The SMILES string of the molecule is CC1(C)c2ccccc2-c2ccc(-c3ccc(N(c4ccc(-c5ccccc5)cc4)c4cc5cccc6c7ccccc7c7ccccc7c7cccc4c7c56)cc3)cc21. The van der Waals surface area contributed by atoms with Crippen molar-refractivity contribution in [3.63, 3.8) is 0 Å². The van der Waals surface area contributed by atoms with Crippen LogP contribution in [0.3, 0.4) is 0 Å². The van der Waals surface area contributed by atoms with Crippen molar-refractivity contribution >= 4 is 70.9 Å². The molecular weight excluding hydrogens is 723 g/mol. The summed E-state index contributed by atoms with van der Waals surface area (Å²) in [5.41, 5.74) is 13.7. The highest BCUT2D eigenvalue weighted by Crippen LogP contribution is 2.50. The van der Waals surface area contributed by atoms with Crippen LogP contribution in [0.2, 0.25) is 0 Å². The lowest BCUT2D eigenvalue weighted by molar-refractivity contribution is 0.660. The minimum absolute atomic E-state index is 0.0521. The van der Waals surface area contributed by atoms with Crippen LogP contribution < -0.4 is 4.90 Å². The second-order valence-electron chi connectivity index (χ2n) is 16.8. The molecule has 0 unspecified atom stereocenters. The van der Waals surface area contributed by atoms with E-state index in [0.29, 0.717) is 0 Å². The van der Waals surface area contributed by atoms with Gasteiger partial charge in [0.25, 0.3) is 0 Å². The highest BCUT2D eigenvalue weighted by atomic mass is 15.1. The molecule has 0 fully saturated rings. The Morgan fingerprint density at radius 3 is 1.45 bits per heavy atom. The zero-order valence-corrected chi connectivity index (χ0v) is 33.7. The first-order chi connectivity index (χ1) is 29.5. The highest BCUT2D eigenvalue weighted by Gasteiger charge is 2.35. The van der Waals surface area contributed by atoms with Gasteiger partial charge in [0, 0.05) is 27.6 Å². The van der Waals surface area contributed by atoms with Crippen LogP contribution in [0.15, 0.2) is 212 Å². The molecule has 282 valence electrons. The summed E-state index contributed by atoms with van der Waals surface area (Å²) in [6.45, 7) is 4.71. The molecule has 1 nitrogen and oxygen atoms in total. The van der Waals surface area contributed by atoms with Crippen molar-refractivity contribution < 1.29 is 0 Å². The van der Waals surface area contributed by atoms with Gasteiger partial charge in [-0.2, -0.15) is 0 Å². The van der Waals surface area contributed by atoms with Gasteiger partial charge in [-0.25, -0.2) is 0 Å². The molecule has 0 bridgehead atoms. The fraction of sp³-hybridized carbons (Fsp3) is 0.0508. The van der Waals surface area contributed by atoms with Crippen LogP contribution in [0.25, 0.3) is 87.2 Å². The van der Waals surface area contributed by atoms with Gasteiger partial charge >= 0.3 is 0 Å². The maximum atomic E-state index is 2.46. The molecule has 0 spiro atoms. The predicted molar refractivity (Wildman–Crippen MR) is 257 cm³/mol. The van der Waals surface area contributed by atoms with Gasteiger partial charge in [0.2, 0.25) is 0 Å². The monoisotopic (exact) mass is 763 g/mol. The lowest BCUT2D eigenvalue weighted by atomic mass is 9.81. The number of hydrogen-bond acceptors (Lipinski definition) is 1. The molecule has 11 aromatic carbocycles. The normalized spacial score (nSPS) is 13.0. The van der Waals surface area contributed by atoms with Crippen molar-refractivity contribution in [1.29, 1.82) is 0 Å². The third-order valence-corrected chi connectivity index (χ3v) is 13.2. The molecule has 0 saturated heterocycles. The third-order valence-electron chi connectivity index (χ3n) is 13.2. The number of fused-ring (bicyclic) bond motifs is 8. The van der Waals surface area contributed by atoms with Gasteiger partial charge in [0.1, 0.15) is 0 Å². The molecule has 0 radical (unpaired) electrons. The summed E-state index contributed by atoms with van der Waals surface area (Å²) in [5.74, 6) is 0. The van der Waals surface area contributed by atoms with Crippen LogP contribution in [0.4, 0.5) is 17.1 Å². The first-order valence-corrected chi connectivity index (χ1v) is 21.0. The van der Waals surface area contributed by atoms with Crippen molar-refractivity contribution in [3.8, 4) is 33.4 Å². The predicted octanol–water partition coefficient (Wildman–Crippen LogP) is 16.6. The number of anilines is 3. The van der Waals surface area contributed by atoms with E-state index in [0.717, 1.165) is 17.1 Å². The van der Waals surface area contributed by atoms with Gasteiger partial charge in [-0.05, 0) is 124 Å². The van der Waals surface area contributed by atoms with E-state index in [4.69, 9.17) is 0 Å². The molecule has 12 rings (SSSR count). The van der Waals surface area contributed by atoms with E-state index in [-0.39, 0.29) is 5.41 Å². The molecule has 0 aromatic heterocycles. The number of nitrogens with zero attached hydrogens (tertiary/aromatic N) is 1. The van der Waals surface area contributed by atoms with E-state index < -0.39 is 0 Å². The topological polar surface area (TPSA) is 3.24 Å². The molecule has 0 saturated carbocycles. The minimum Gasteiger partial charge on any atom is -0.310 e. The summed E-state index contributed by atoms with van der Waals surface area (Å²) in [5, 5.41) is 12.6. The Hall–Kier alpha value is -7.48. The summed E-state index contributed by atoms with van der Waals surface area (Å²) in [7, 11) is 0. The van der Waals surface area contributed by atoms with E-state index in [1.54, 1.807) is 0 Å². The molecule has 0 N–H and O–H groups in total. The molecule has 1 heteroatoms. The van der Waals surface area contributed by atoms with Gasteiger partial charge < -0.3 is 4.90 Å². The van der Waals surface area contributed by atoms with E-state index in [9.17, 15) is 0 Å². The Morgan fingerprint density at radius 2 is 0.783 bits per heavy atom. The zero-order valence-electron chi connectivity index (χ0n) is 33.7. The Kier molecular flexibility index (Phi) is 7.65. The largest absolute Gasteiger partial charge is 0.310 e. The maximum Gasteiger partial charge on any atom is 0.0546 e. The summed E-state index contributed by atoms with van der Waals surface area (Å²) in [6, 6.07) is 78.8. The van der Waals surface area contributed by atoms with Gasteiger partial charge in [0.05, 0.1) is 5.69 Å². The molecular formula is C59H41N. The molecule has 60 heavy (non-hydrogen) atoms. The Balaban J connectivity index is 1.09. The fourth-order valence-electron chi connectivity index (χ4n) is 10.3. The van der Waals surface area contributed by atoms with Gasteiger partial charge in [-0.15, -0.1) is 0 Å². The molecule has 0 atom stereocenters. The van der Waals surface area contributed by atoms with Crippen molar-refractivity contribution in [2.45, 2.75) is 19.3 Å². The average Bonchev–Trinajstić information content (AvgIpc) is 3.54. The molecule has 1 aliphatic carbocycles. The molecule has 0 amide bonds. The van der Waals surface area contributed by atoms with Crippen molar-refractivity contribution in [3.05, 3.63) is 223 Å². The smallest absolute Gasteiger partial charge is 0.0546 e. The Morgan fingerprint density at radius 1 is 0.317 bits per heavy atom. The third kappa shape index (κ3) is 5.19. The molecule has 11 aromatic rings. The second-order valence-corrected chi connectivity index (χ2v) is 16.8. The van der Waals surface area contributed by atoms with E-state index in [1.807, 2.05) is 0 Å². The summed E-state index contributed by atoms with van der Waals surface area (Å²) in [6.07, 6.45) is 0. The van der Waals surface area contributed by atoms with Crippen LogP contribution in [-0.2, 0) is 5.41 Å². The first-order valence-electron chi connectivity index (χ1n) is 21.0. The van der Waals surface area contributed by atoms with Gasteiger partial charge in [-0.3, -0.25) is 0 Å². The van der Waals surface area contributed by atoms with Crippen LogP contribution in [0.1, 0.15) is 25.0 Å². The number of rotatable bonds is 5. The first kappa shape index (κ1) is 34.6. The second kappa shape index (κ2) is 13.3. The van der Waals surface area contributed by atoms with Crippen molar-refractivity contribution in [2.24, 2.45) is 0 Å². The average molecular weight is 764 g/mol.